The summed E-state index contributed by atoms with van der Waals surface area (Å²) in [5.41, 5.74) is 2.05. The summed E-state index contributed by atoms with van der Waals surface area (Å²) in [7, 11) is 2.07. The third-order valence-corrected chi connectivity index (χ3v) is 3.47. The molecule has 0 fully saturated rings. The van der Waals surface area contributed by atoms with Crippen LogP contribution in [0.5, 0.6) is 5.75 Å². The number of hydrogen-bond acceptors (Lipinski definition) is 3. The largest absolute Gasteiger partial charge is 0.508 e. The Balaban J connectivity index is 2.73. The Morgan fingerprint density at radius 1 is 1.26 bits per heavy atom. The number of nitrogens with one attached hydrogen (secondary N) is 1. The third kappa shape index (κ3) is 4.75. The zero-order valence-corrected chi connectivity index (χ0v) is 12.7. The highest BCUT2D eigenvalue weighted by Crippen LogP contribution is 2.28. The molecule has 0 saturated carbocycles. The Bertz CT molecular complexity index is 379. The molecule has 1 aromatic carbocycles. The van der Waals surface area contributed by atoms with Crippen LogP contribution in [0.15, 0.2) is 18.2 Å². The average Bonchev–Trinajstić information content (AvgIpc) is 2.41. The third-order valence-electron chi connectivity index (χ3n) is 3.47. The first-order valence-electron chi connectivity index (χ1n) is 7.37. The van der Waals surface area contributed by atoms with Gasteiger partial charge < -0.3 is 15.3 Å². The van der Waals surface area contributed by atoms with Gasteiger partial charge in [0.1, 0.15) is 5.75 Å². The van der Waals surface area contributed by atoms with Gasteiger partial charge in [0.15, 0.2) is 0 Å². The van der Waals surface area contributed by atoms with Gasteiger partial charge in [-0.3, -0.25) is 0 Å². The predicted molar refractivity (Wildman–Crippen MR) is 83.0 cm³/mol. The fourth-order valence-electron chi connectivity index (χ4n) is 2.13. The van der Waals surface area contributed by atoms with Gasteiger partial charge in [-0.25, -0.2) is 0 Å². The van der Waals surface area contributed by atoms with Gasteiger partial charge in [-0.05, 0) is 32.4 Å². The van der Waals surface area contributed by atoms with E-state index in [1.165, 1.54) is 12.8 Å². The Kier molecular flexibility index (Phi) is 6.71. The van der Waals surface area contributed by atoms with E-state index >= 15 is 0 Å². The summed E-state index contributed by atoms with van der Waals surface area (Å²) in [4.78, 5) is 2.19. The summed E-state index contributed by atoms with van der Waals surface area (Å²) in [5.74, 6) is 0.386. The van der Waals surface area contributed by atoms with Crippen LogP contribution >= 0.6 is 0 Å². The zero-order chi connectivity index (χ0) is 14.3. The molecule has 19 heavy (non-hydrogen) atoms. The van der Waals surface area contributed by atoms with E-state index < -0.39 is 0 Å². The highest BCUT2D eigenvalue weighted by atomic mass is 16.3. The van der Waals surface area contributed by atoms with Gasteiger partial charge in [0.25, 0.3) is 0 Å². The predicted octanol–water partition coefficient (Wildman–Crippen LogP) is 3.69. The summed E-state index contributed by atoms with van der Waals surface area (Å²) in [6.07, 6.45) is 3.46. The molecular weight excluding hydrogens is 236 g/mol. The SMILES string of the molecule is CCCCN(C)c1ccc(C(C)NCCC)c(O)c1. The maximum atomic E-state index is 10.2. The van der Waals surface area contributed by atoms with Gasteiger partial charge in [-0.1, -0.05) is 26.3 Å². The summed E-state index contributed by atoms with van der Waals surface area (Å²) in [6.45, 7) is 8.42. The standard InChI is InChI=1S/C16H28N2O/c1-5-7-11-18(4)14-8-9-15(16(19)12-14)13(3)17-10-6-2/h8-9,12-13,17,19H,5-7,10-11H2,1-4H3. The molecule has 0 bridgehead atoms. The van der Waals surface area contributed by atoms with Crippen LogP contribution in [0.25, 0.3) is 0 Å². The highest BCUT2D eigenvalue weighted by Gasteiger charge is 2.11. The van der Waals surface area contributed by atoms with Crippen LogP contribution in [-0.2, 0) is 0 Å². The molecule has 1 aromatic rings. The van der Waals surface area contributed by atoms with E-state index in [4.69, 9.17) is 0 Å². The molecule has 0 saturated heterocycles. The molecule has 0 amide bonds. The molecule has 108 valence electrons. The van der Waals surface area contributed by atoms with Crippen LogP contribution in [-0.4, -0.2) is 25.2 Å². The maximum Gasteiger partial charge on any atom is 0.122 e. The van der Waals surface area contributed by atoms with Crippen LogP contribution in [0.4, 0.5) is 5.69 Å². The minimum absolute atomic E-state index is 0.190. The second-order valence-corrected chi connectivity index (χ2v) is 5.19. The number of anilines is 1. The normalized spacial score (nSPS) is 12.4. The number of hydrogen-bond donors (Lipinski definition) is 2. The number of unbranched alkanes of at least 4 members (excludes halogenated alkanes) is 1. The molecule has 0 aromatic heterocycles. The molecule has 1 rings (SSSR count). The van der Waals surface area contributed by atoms with Crippen molar-refractivity contribution in [2.75, 3.05) is 25.0 Å². The molecule has 2 N–H and O–H groups in total. The number of aromatic hydroxyl groups is 1. The van der Waals surface area contributed by atoms with E-state index in [0.29, 0.717) is 5.75 Å². The van der Waals surface area contributed by atoms with Crippen LogP contribution in [0.3, 0.4) is 0 Å². The smallest absolute Gasteiger partial charge is 0.122 e. The van der Waals surface area contributed by atoms with Crippen molar-refractivity contribution in [2.24, 2.45) is 0 Å². The second-order valence-electron chi connectivity index (χ2n) is 5.19. The van der Waals surface area contributed by atoms with Gasteiger partial charge in [0, 0.05) is 37.0 Å². The lowest BCUT2D eigenvalue weighted by Crippen LogP contribution is -2.20. The second kappa shape index (κ2) is 8.05. The molecular formula is C16H28N2O. The fraction of sp³-hybridized carbons (Fsp3) is 0.625. The van der Waals surface area contributed by atoms with E-state index in [1.54, 1.807) is 0 Å². The first-order valence-corrected chi connectivity index (χ1v) is 7.37. The number of phenols is 1. The van der Waals surface area contributed by atoms with Crippen molar-refractivity contribution in [1.82, 2.24) is 5.32 Å². The Morgan fingerprint density at radius 3 is 2.58 bits per heavy atom. The fourth-order valence-corrected chi connectivity index (χ4v) is 2.13. The van der Waals surface area contributed by atoms with Crippen LogP contribution in [0.2, 0.25) is 0 Å². The minimum Gasteiger partial charge on any atom is -0.508 e. The zero-order valence-electron chi connectivity index (χ0n) is 12.7. The minimum atomic E-state index is 0.190. The molecule has 1 atom stereocenters. The summed E-state index contributed by atoms with van der Waals surface area (Å²) in [5, 5.41) is 13.6. The van der Waals surface area contributed by atoms with E-state index in [2.05, 4.69) is 44.1 Å². The van der Waals surface area contributed by atoms with Gasteiger partial charge in [-0.2, -0.15) is 0 Å². The van der Waals surface area contributed by atoms with Crippen LogP contribution < -0.4 is 10.2 Å². The first kappa shape index (κ1) is 15.8. The Morgan fingerprint density at radius 2 is 2.00 bits per heavy atom. The number of nitrogens with zero attached hydrogens (tertiary/aromatic N) is 1. The highest BCUT2D eigenvalue weighted by molar-refractivity contribution is 5.53. The van der Waals surface area contributed by atoms with Crippen LogP contribution in [0.1, 0.15) is 51.6 Å². The van der Waals surface area contributed by atoms with Crippen LogP contribution in [0, 0.1) is 0 Å². The van der Waals surface area contributed by atoms with E-state index in [0.717, 1.165) is 30.8 Å². The molecule has 0 aliphatic carbocycles. The van der Waals surface area contributed by atoms with Crippen molar-refractivity contribution in [1.29, 1.82) is 0 Å². The Labute approximate surface area is 117 Å². The van der Waals surface area contributed by atoms with Gasteiger partial charge >= 0.3 is 0 Å². The summed E-state index contributed by atoms with van der Waals surface area (Å²) >= 11 is 0. The van der Waals surface area contributed by atoms with E-state index in [9.17, 15) is 5.11 Å². The van der Waals surface area contributed by atoms with Crippen molar-refractivity contribution < 1.29 is 5.11 Å². The van der Waals surface area contributed by atoms with Crippen molar-refractivity contribution >= 4 is 5.69 Å². The van der Waals surface area contributed by atoms with E-state index in [1.807, 2.05) is 12.1 Å². The number of rotatable bonds is 8. The quantitative estimate of drug-likeness (QED) is 0.751. The molecule has 3 nitrogen and oxygen atoms in total. The number of benzene rings is 1. The Hall–Kier alpha value is -1.22. The van der Waals surface area contributed by atoms with Crippen molar-refractivity contribution in [3.63, 3.8) is 0 Å². The molecule has 1 unspecified atom stereocenters. The lowest BCUT2D eigenvalue weighted by molar-refractivity contribution is 0.452. The topological polar surface area (TPSA) is 35.5 Å². The molecule has 0 spiro atoms. The molecule has 0 aliphatic rings. The maximum absolute atomic E-state index is 10.2. The molecule has 3 heteroatoms. The molecule has 0 aliphatic heterocycles. The van der Waals surface area contributed by atoms with E-state index in [-0.39, 0.29) is 6.04 Å². The lowest BCUT2D eigenvalue weighted by atomic mass is 10.1. The summed E-state index contributed by atoms with van der Waals surface area (Å²) < 4.78 is 0. The summed E-state index contributed by atoms with van der Waals surface area (Å²) in [6, 6.07) is 6.18. The average molecular weight is 264 g/mol. The molecule has 0 radical (unpaired) electrons. The van der Waals surface area contributed by atoms with Crippen molar-refractivity contribution in [2.45, 2.75) is 46.1 Å². The molecule has 0 heterocycles. The van der Waals surface area contributed by atoms with Gasteiger partial charge in [0.05, 0.1) is 0 Å². The lowest BCUT2D eigenvalue weighted by Gasteiger charge is -2.21. The van der Waals surface area contributed by atoms with Crippen molar-refractivity contribution in [3.05, 3.63) is 23.8 Å². The van der Waals surface area contributed by atoms with Crippen molar-refractivity contribution in [3.8, 4) is 5.75 Å². The first-order chi connectivity index (χ1) is 9.10. The number of phenolic OH excluding ortho intramolecular Hbond substituents is 1. The monoisotopic (exact) mass is 264 g/mol. The van der Waals surface area contributed by atoms with Gasteiger partial charge in [0.2, 0.25) is 0 Å². The van der Waals surface area contributed by atoms with Gasteiger partial charge in [-0.15, -0.1) is 0 Å².